The Kier molecular flexibility index (Phi) is 4.69. The normalized spacial score (nSPS) is 10.7. The van der Waals surface area contributed by atoms with E-state index in [-0.39, 0.29) is 6.03 Å². The van der Waals surface area contributed by atoms with Crippen LogP contribution in [-0.2, 0) is 6.42 Å². The van der Waals surface area contributed by atoms with Gasteiger partial charge in [-0.15, -0.1) is 0 Å². The van der Waals surface area contributed by atoms with Gasteiger partial charge in [-0.2, -0.15) is 5.10 Å². The molecule has 2 aromatic carbocycles. The Hall–Kier alpha value is -2.24. The Morgan fingerprint density at radius 1 is 1.17 bits per heavy atom. The summed E-state index contributed by atoms with van der Waals surface area (Å²) in [5.41, 5.74) is 2.60. The van der Waals surface area contributed by atoms with Crippen LogP contribution in [0.2, 0.25) is 10.0 Å². The van der Waals surface area contributed by atoms with Crippen LogP contribution in [0.4, 0.5) is 10.5 Å². The predicted octanol–water partition coefficient (Wildman–Crippen LogP) is 4.23. The summed E-state index contributed by atoms with van der Waals surface area (Å²) in [4.78, 5) is 12.0. The zero-order valence-electron chi connectivity index (χ0n) is 12.1. The summed E-state index contributed by atoms with van der Waals surface area (Å²) in [5, 5.41) is 14.4. The molecule has 118 valence electrons. The maximum absolute atomic E-state index is 12.0. The number of carbonyl (C=O) groups is 1. The van der Waals surface area contributed by atoms with Crippen LogP contribution in [0.15, 0.2) is 42.6 Å². The number of carbonyl (C=O) groups excluding carboxylic acids is 1. The van der Waals surface area contributed by atoms with Crippen molar-refractivity contribution in [1.29, 1.82) is 0 Å². The van der Waals surface area contributed by atoms with Gasteiger partial charge in [0.25, 0.3) is 0 Å². The van der Waals surface area contributed by atoms with Gasteiger partial charge in [-0.1, -0.05) is 35.3 Å². The average Bonchev–Trinajstić information content (AvgIpc) is 3.00. The summed E-state index contributed by atoms with van der Waals surface area (Å²) in [6.45, 7) is 0.491. The van der Waals surface area contributed by atoms with Gasteiger partial charge >= 0.3 is 6.03 Å². The van der Waals surface area contributed by atoms with Crippen molar-refractivity contribution in [2.45, 2.75) is 6.42 Å². The van der Waals surface area contributed by atoms with E-state index in [9.17, 15) is 4.79 Å². The highest BCUT2D eigenvalue weighted by Crippen LogP contribution is 2.23. The van der Waals surface area contributed by atoms with E-state index >= 15 is 0 Å². The Balaban J connectivity index is 1.55. The highest BCUT2D eigenvalue weighted by molar-refractivity contribution is 6.42. The molecule has 0 atom stereocenters. The molecular weight excluding hydrogens is 335 g/mol. The van der Waals surface area contributed by atoms with Crippen LogP contribution in [0.1, 0.15) is 5.56 Å². The molecule has 1 heterocycles. The maximum atomic E-state index is 12.0. The van der Waals surface area contributed by atoms with Gasteiger partial charge in [-0.05, 0) is 36.2 Å². The third kappa shape index (κ3) is 3.75. The summed E-state index contributed by atoms with van der Waals surface area (Å²) in [5.74, 6) is 0. The van der Waals surface area contributed by atoms with E-state index in [1.165, 1.54) is 0 Å². The van der Waals surface area contributed by atoms with Gasteiger partial charge < -0.3 is 10.6 Å². The molecular formula is C16H14Cl2N4O. The number of H-pyrrole nitrogens is 1. The molecule has 0 saturated carbocycles. The molecule has 0 saturated heterocycles. The van der Waals surface area contributed by atoms with Gasteiger partial charge in [0.15, 0.2) is 0 Å². The second-order valence-corrected chi connectivity index (χ2v) is 5.83. The van der Waals surface area contributed by atoms with Gasteiger partial charge in [-0.25, -0.2) is 4.79 Å². The number of hydrogen-bond donors (Lipinski definition) is 3. The van der Waals surface area contributed by atoms with Crippen molar-refractivity contribution in [3.05, 3.63) is 58.2 Å². The average molecular weight is 349 g/mol. The topological polar surface area (TPSA) is 69.8 Å². The van der Waals surface area contributed by atoms with Crippen LogP contribution < -0.4 is 10.6 Å². The summed E-state index contributed by atoms with van der Waals surface area (Å²) in [6.07, 6.45) is 2.35. The van der Waals surface area contributed by atoms with Crippen LogP contribution in [0.25, 0.3) is 10.9 Å². The Morgan fingerprint density at radius 3 is 2.87 bits per heavy atom. The largest absolute Gasteiger partial charge is 0.338 e. The monoisotopic (exact) mass is 348 g/mol. The number of hydrogen-bond acceptors (Lipinski definition) is 2. The quantitative estimate of drug-likeness (QED) is 0.660. The number of anilines is 1. The van der Waals surface area contributed by atoms with E-state index in [0.717, 1.165) is 16.5 Å². The number of urea groups is 1. The molecule has 0 spiro atoms. The summed E-state index contributed by atoms with van der Waals surface area (Å²) in [7, 11) is 0. The van der Waals surface area contributed by atoms with Gasteiger partial charge in [0.2, 0.25) is 0 Å². The molecule has 7 heteroatoms. The third-order valence-electron chi connectivity index (χ3n) is 3.42. The van der Waals surface area contributed by atoms with Crippen molar-refractivity contribution >= 4 is 45.8 Å². The zero-order chi connectivity index (χ0) is 16.2. The molecule has 3 aromatic rings. The van der Waals surface area contributed by atoms with E-state index in [1.54, 1.807) is 18.3 Å². The lowest BCUT2D eigenvalue weighted by atomic mass is 10.1. The Labute approximate surface area is 143 Å². The van der Waals surface area contributed by atoms with Crippen LogP contribution >= 0.6 is 23.2 Å². The third-order valence-corrected chi connectivity index (χ3v) is 4.16. The van der Waals surface area contributed by atoms with E-state index in [4.69, 9.17) is 23.2 Å². The predicted molar refractivity (Wildman–Crippen MR) is 93.3 cm³/mol. The van der Waals surface area contributed by atoms with Crippen molar-refractivity contribution in [2.24, 2.45) is 0 Å². The highest BCUT2D eigenvalue weighted by Gasteiger charge is 2.06. The molecule has 0 aliphatic heterocycles. The second kappa shape index (κ2) is 6.89. The van der Waals surface area contributed by atoms with Crippen molar-refractivity contribution in [2.75, 3.05) is 11.9 Å². The molecule has 2 amide bonds. The maximum Gasteiger partial charge on any atom is 0.319 e. The number of fused-ring (bicyclic) bond motifs is 1. The SMILES string of the molecule is O=C(NCCc1ccc(Cl)c(Cl)c1)Nc1cccc2[nH]ncc12. The Morgan fingerprint density at radius 2 is 2.04 bits per heavy atom. The molecule has 0 bridgehead atoms. The summed E-state index contributed by atoms with van der Waals surface area (Å²) >= 11 is 11.8. The van der Waals surface area contributed by atoms with Crippen molar-refractivity contribution < 1.29 is 4.79 Å². The first-order valence-electron chi connectivity index (χ1n) is 7.04. The molecule has 5 nitrogen and oxygen atoms in total. The molecule has 0 aliphatic rings. The lowest BCUT2D eigenvalue weighted by Gasteiger charge is -2.09. The van der Waals surface area contributed by atoms with E-state index < -0.39 is 0 Å². The minimum Gasteiger partial charge on any atom is -0.338 e. The number of aromatic nitrogens is 2. The molecule has 0 unspecified atom stereocenters. The minimum absolute atomic E-state index is 0.265. The first-order valence-corrected chi connectivity index (χ1v) is 7.80. The fourth-order valence-electron chi connectivity index (χ4n) is 2.26. The second-order valence-electron chi connectivity index (χ2n) is 5.02. The standard InChI is InChI=1S/C16H14Cl2N4O/c17-12-5-4-10(8-13(12)18)6-7-19-16(23)21-14-2-1-3-15-11(14)9-20-22-15/h1-5,8-9H,6-7H2,(H,20,22)(H2,19,21,23). The van der Waals surface area contributed by atoms with E-state index in [1.807, 2.05) is 24.3 Å². The number of halogens is 2. The summed E-state index contributed by atoms with van der Waals surface area (Å²) in [6, 6.07) is 10.8. The lowest BCUT2D eigenvalue weighted by molar-refractivity contribution is 0.252. The first kappa shape index (κ1) is 15.6. The van der Waals surface area contributed by atoms with Gasteiger partial charge in [0.1, 0.15) is 0 Å². The highest BCUT2D eigenvalue weighted by atomic mass is 35.5. The fourth-order valence-corrected chi connectivity index (χ4v) is 2.58. The number of aromatic amines is 1. The van der Waals surface area contributed by atoms with Gasteiger partial charge in [0, 0.05) is 11.9 Å². The fraction of sp³-hybridized carbons (Fsp3) is 0.125. The number of amides is 2. The minimum atomic E-state index is -0.265. The number of nitrogens with zero attached hydrogens (tertiary/aromatic N) is 1. The smallest absolute Gasteiger partial charge is 0.319 e. The van der Waals surface area contributed by atoms with Crippen molar-refractivity contribution in [1.82, 2.24) is 15.5 Å². The number of nitrogens with one attached hydrogen (secondary N) is 3. The molecule has 0 aliphatic carbocycles. The van der Waals surface area contributed by atoms with Crippen LogP contribution in [-0.4, -0.2) is 22.8 Å². The van der Waals surface area contributed by atoms with Crippen LogP contribution in [0.3, 0.4) is 0 Å². The summed E-state index contributed by atoms with van der Waals surface area (Å²) < 4.78 is 0. The first-order chi connectivity index (χ1) is 11.1. The number of rotatable bonds is 4. The number of benzene rings is 2. The molecule has 0 radical (unpaired) electrons. The van der Waals surface area contributed by atoms with Crippen molar-refractivity contribution in [3.8, 4) is 0 Å². The molecule has 3 rings (SSSR count). The van der Waals surface area contributed by atoms with Crippen molar-refractivity contribution in [3.63, 3.8) is 0 Å². The van der Waals surface area contributed by atoms with Gasteiger partial charge in [0.05, 0.1) is 27.4 Å². The lowest BCUT2D eigenvalue weighted by Crippen LogP contribution is -2.30. The Bertz CT molecular complexity index is 847. The van der Waals surface area contributed by atoms with E-state index in [0.29, 0.717) is 28.7 Å². The molecule has 3 N–H and O–H groups in total. The van der Waals surface area contributed by atoms with Gasteiger partial charge in [-0.3, -0.25) is 5.10 Å². The van der Waals surface area contributed by atoms with E-state index in [2.05, 4.69) is 20.8 Å². The molecule has 23 heavy (non-hydrogen) atoms. The molecule has 1 aromatic heterocycles. The molecule has 0 fully saturated rings. The van der Waals surface area contributed by atoms with Crippen LogP contribution in [0.5, 0.6) is 0 Å². The van der Waals surface area contributed by atoms with Crippen LogP contribution in [0, 0.1) is 0 Å². The zero-order valence-corrected chi connectivity index (χ0v) is 13.6.